The summed E-state index contributed by atoms with van der Waals surface area (Å²) < 4.78 is 18.4. The fourth-order valence-electron chi connectivity index (χ4n) is 1.62. The minimum Gasteiger partial charge on any atom is -0.497 e. The van der Waals surface area contributed by atoms with Gasteiger partial charge >= 0.3 is 6.03 Å². The van der Waals surface area contributed by atoms with Gasteiger partial charge in [0, 0.05) is 12.1 Å². The number of hydrogen-bond donors (Lipinski definition) is 2. The summed E-state index contributed by atoms with van der Waals surface area (Å²) in [6.45, 7) is 0. The monoisotopic (exact) mass is 238 g/mol. The Bertz CT molecular complexity index is 419. The van der Waals surface area contributed by atoms with Crippen molar-refractivity contribution in [2.75, 3.05) is 12.4 Å². The lowest BCUT2D eigenvalue weighted by Crippen LogP contribution is -2.41. The molecular formula is C12H15FN2O2. The zero-order valence-corrected chi connectivity index (χ0v) is 9.63. The second-order valence-corrected chi connectivity index (χ2v) is 4.07. The molecule has 1 saturated carbocycles. The van der Waals surface area contributed by atoms with Crippen LogP contribution in [0.15, 0.2) is 18.2 Å². The van der Waals surface area contributed by atoms with Gasteiger partial charge in [-0.25, -0.2) is 9.18 Å². The highest BCUT2D eigenvalue weighted by molar-refractivity contribution is 5.89. The summed E-state index contributed by atoms with van der Waals surface area (Å²) in [5.74, 6) is 0.0277. The van der Waals surface area contributed by atoms with Gasteiger partial charge in [0.05, 0.1) is 12.8 Å². The molecule has 0 saturated heterocycles. The van der Waals surface area contributed by atoms with Crippen molar-refractivity contribution in [3.63, 3.8) is 0 Å². The fourth-order valence-corrected chi connectivity index (χ4v) is 1.62. The summed E-state index contributed by atoms with van der Waals surface area (Å²) in [5.41, 5.74) is 0.126. The van der Waals surface area contributed by atoms with Gasteiger partial charge in [0.1, 0.15) is 11.6 Å². The fraction of sp³-hybridized carbons (Fsp3) is 0.417. The van der Waals surface area contributed by atoms with Crippen molar-refractivity contribution < 1.29 is 13.9 Å². The summed E-state index contributed by atoms with van der Waals surface area (Å²) in [5, 5.41) is 5.25. The molecular weight excluding hydrogens is 223 g/mol. The Morgan fingerprint density at radius 3 is 2.82 bits per heavy atom. The second-order valence-electron chi connectivity index (χ2n) is 4.07. The number of rotatable bonds is 3. The third kappa shape index (κ3) is 2.87. The van der Waals surface area contributed by atoms with E-state index in [2.05, 4.69) is 10.6 Å². The number of urea groups is 1. The molecule has 1 aliphatic carbocycles. The summed E-state index contributed by atoms with van der Waals surface area (Å²) >= 11 is 0. The highest BCUT2D eigenvalue weighted by Gasteiger charge is 2.19. The number of hydrogen-bond acceptors (Lipinski definition) is 2. The van der Waals surface area contributed by atoms with Gasteiger partial charge in [-0.3, -0.25) is 0 Å². The molecule has 2 N–H and O–H groups in total. The molecule has 1 aliphatic rings. The van der Waals surface area contributed by atoms with Crippen LogP contribution < -0.4 is 15.4 Å². The van der Waals surface area contributed by atoms with Crippen molar-refractivity contribution in [3.05, 3.63) is 24.0 Å². The molecule has 92 valence electrons. The molecule has 0 spiro atoms. The first-order valence-electron chi connectivity index (χ1n) is 5.60. The molecule has 0 aliphatic heterocycles. The van der Waals surface area contributed by atoms with Crippen molar-refractivity contribution in [2.24, 2.45) is 0 Å². The number of nitrogens with one attached hydrogen (secondary N) is 2. The second kappa shape index (κ2) is 5.03. The molecule has 4 nitrogen and oxygen atoms in total. The highest BCUT2D eigenvalue weighted by atomic mass is 19.1. The van der Waals surface area contributed by atoms with Gasteiger partial charge in [0.2, 0.25) is 0 Å². The minimum absolute atomic E-state index is 0.126. The van der Waals surface area contributed by atoms with Crippen LogP contribution in [-0.2, 0) is 0 Å². The van der Waals surface area contributed by atoms with E-state index in [4.69, 9.17) is 4.74 Å². The topological polar surface area (TPSA) is 50.4 Å². The summed E-state index contributed by atoms with van der Waals surface area (Å²) in [7, 11) is 1.49. The smallest absolute Gasteiger partial charge is 0.319 e. The van der Waals surface area contributed by atoms with E-state index < -0.39 is 5.82 Å². The van der Waals surface area contributed by atoms with E-state index in [1.807, 2.05) is 0 Å². The van der Waals surface area contributed by atoms with E-state index in [-0.39, 0.29) is 17.8 Å². The maximum atomic E-state index is 13.4. The molecule has 1 aromatic rings. The lowest BCUT2D eigenvalue weighted by atomic mass is 9.93. The van der Waals surface area contributed by atoms with Crippen LogP contribution in [0.5, 0.6) is 5.75 Å². The van der Waals surface area contributed by atoms with Gasteiger partial charge < -0.3 is 15.4 Å². The largest absolute Gasteiger partial charge is 0.497 e. The summed E-state index contributed by atoms with van der Waals surface area (Å²) in [4.78, 5) is 11.5. The number of ether oxygens (including phenoxy) is 1. The molecule has 17 heavy (non-hydrogen) atoms. The van der Waals surface area contributed by atoms with Gasteiger partial charge in [-0.1, -0.05) is 0 Å². The third-order valence-corrected chi connectivity index (χ3v) is 2.86. The zero-order chi connectivity index (χ0) is 12.3. The first kappa shape index (κ1) is 11.7. The standard InChI is InChI=1S/C12H15FN2O2/c1-17-9-5-6-10(13)11(7-9)15-12(16)14-8-3-2-4-8/h5-8H,2-4H2,1H3,(H2,14,15,16). The lowest BCUT2D eigenvalue weighted by molar-refractivity contribution is 0.240. The van der Waals surface area contributed by atoms with Crippen molar-refractivity contribution in [1.29, 1.82) is 0 Å². The zero-order valence-electron chi connectivity index (χ0n) is 9.63. The first-order valence-corrected chi connectivity index (χ1v) is 5.60. The van der Waals surface area contributed by atoms with E-state index in [1.165, 1.54) is 25.3 Å². The average molecular weight is 238 g/mol. The Kier molecular flexibility index (Phi) is 3.46. The van der Waals surface area contributed by atoms with Crippen LogP contribution in [0.4, 0.5) is 14.9 Å². The molecule has 1 fully saturated rings. The molecule has 0 atom stereocenters. The number of carbonyl (C=O) groups is 1. The van der Waals surface area contributed by atoms with Gasteiger partial charge in [0.25, 0.3) is 0 Å². The number of carbonyl (C=O) groups excluding carboxylic acids is 1. The van der Waals surface area contributed by atoms with Gasteiger partial charge in [0.15, 0.2) is 0 Å². The Hall–Kier alpha value is -1.78. The van der Waals surface area contributed by atoms with Crippen LogP contribution in [0.25, 0.3) is 0 Å². The number of methoxy groups -OCH3 is 1. The van der Waals surface area contributed by atoms with Crippen LogP contribution in [0.3, 0.4) is 0 Å². The molecule has 2 rings (SSSR count). The maximum absolute atomic E-state index is 13.4. The Morgan fingerprint density at radius 2 is 2.24 bits per heavy atom. The lowest BCUT2D eigenvalue weighted by Gasteiger charge is -2.26. The maximum Gasteiger partial charge on any atom is 0.319 e. The molecule has 5 heteroatoms. The Labute approximate surface area is 99.2 Å². The number of benzene rings is 1. The van der Waals surface area contributed by atoms with E-state index in [0.29, 0.717) is 5.75 Å². The molecule has 0 heterocycles. The number of amides is 2. The van der Waals surface area contributed by atoms with Gasteiger partial charge in [-0.15, -0.1) is 0 Å². The average Bonchev–Trinajstić information content (AvgIpc) is 2.27. The number of halogens is 1. The van der Waals surface area contributed by atoms with Gasteiger partial charge in [-0.05, 0) is 31.4 Å². The third-order valence-electron chi connectivity index (χ3n) is 2.86. The molecule has 0 aromatic heterocycles. The SMILES string of the molecule is COc1ccc(F)c(NC(=O)NC2CCC2)c1. The predicted molar refractivity (Wildman–Crippen MR) is 62.7 cm³/mol. The van der Waals surface area contributed by atoms with Crippen LogP contribution in [-0.4, -0.2) is 19.2 Å². The number of anilines is 1. The van der Waals surface area contributed by atoms with Crippen molar-refractivity contribution in [2.45, 2.75) is 25.3 Å². The molecule has 2 amide bonds. The highest BCUT2D eigenvalue weighted by Crippen LogP contribution is 2.22. The Balaban J connectivity index is 1.98. The van der Waals surface area contributed by atoms with E-state index in [0.717, 1.165) is 19.3 Å². The first-order chi connectivity index (χ1) is 8.19. The van der Waals surface area contributed by atoms with Crippen LogP contribution in [0.2, 0.25) is 0 Å². The normalized spacial score (nSPS) is 14.9. The van der Waals surface area contributed by atoms with E-state index >= 15 is 0 Å². The van der Waals surface area contributed by atoms with E-state index in [9.17, 15) is 9.18 Å². The van der Waals surface area contributed by atoms with E-state index in [1.54, 1.807) is 0 Å². The van der Waals surface area contributed by atoms with Crippen molar-refractivity contribution in [1.82, 2.24) is 5.32 Å². The van der Waals surface area contributed by atoms with Crippen molar-refractivity contribution in [3.8, 4) is 5.75 Å². The summed E-state index contributed by atoms with van der Waals surface area (Å²) in [6.07, 6.45) is 3.13. The predicted octanol–water partition coefficient (Wildman–Crippen LogP) is 2.51. The van der Waals surface area contributed by atoms with Gasteiger partial charge in [-0.2, -0.15) is 0 Å². The molecule has 0 unspecified atom stereocenters. The Morgan fingerprint density at radius 1 is 1.47 bits per heavy atom. The minimum atomic E-state index is -0.477. The van der Waals surface area contributed by atoms with Crippen molar-refractivity contribution >= 4 is 11.7 Å². The van der Waals surface area contributed by atoms with Crippen LogP contribution in [0.1, 0.15) is 19.3 Å². The van der Waals surface area contributed by atoms with Crippen LogP contribution >= 0.6 is 0 Å². The summed E-state index contributed by atoms with van der Waals surface area (Å²) in [6, 6.07) is 4.07. The molecule has 0 radical (unpaired) electrons. The quantitative estimate of drug-likeness (QED) is 0.850. The molecule has 0 bridgehead atoms. The molecule has 1 aromatic carbocycles. The van der Waals surface area contributed by atoms with Crippen LogP contribution in [0, 0.1) is 5.82 Å².